The smallest absolute Gasteiger partial charge is 0.344 e. The second-order valence-electron chi connectivity index (χ2n) is 6.24. The SMILES string of the molecule is CCOC(=O)C1=C(O)/C(=C\c2ccc(OC)cc2O)SC1=Nc1cccc(C)c1. The highest BCUT2D eigenvalue weighted by molar-refractivity contribution is 8.18. The number of phenols is 1. The first kappa shape index (κ1) is 20.5. The Hall–Kier alpha value is -3.19. The van der Waals surface area contributed by atoms with E-state index in [-0.39, 0.29) is 23.7 Å². The monoisotopic (exact) mass is 411 g/mol. The number of benzene rings is 2. The molecule has 2 N–H and O–H groups in total. The van der Waals surface area contributed by atoms with Gasteiger partial charge in [0.25, 0.3) is 0 Å². The van der Waals surface area contributed by atoms with E-state index in [1.165, 1.54) is 13.2 Å². The van der Waals surface area contributed by atoms with Crippen LogP contribution in [0.2, 0.25) is 0 Å². The number of carbonyl (C=O) groups is 1. The number of hydrogen-bond donors (Lipinski definition) is 2. The van der Waals surface area contributed by atoms with Crippen molar-refractivity contribution in [3.05, 3.63) is 69.8 Å². The lowest BCUT2D eigenvalue weighted by Gasteiger charge is -2.04. The fraction of sp³-hybridized carbons (Fsp3) is 0.182. The minimum absolute atomic E-state index is 0.00740. The van der Waals surface area contributed by atoms with Crippen LogP contribution < -0.4 is 4.74 Å². The van der Waals surface area contributed by atoms with Gasteiger partial charge < -0.3 is 19.7 Å². The van der Waals surface area contributed by atoms with Crippen LogP contribution in [0.25, 0.3) is 6.08 Å². The molecule has 2 aromatic carbocycles. The summed E-state index contributed by atoms with van der Waals surface area (Å²) in [6.07, 6.45) is 1.59. The van der Waals surface area contributed by atoms with Crippen molar-refractivity contribution in [1.29, 1.82) is 0 Å². The number of rotatable bonds is 5. The van der Waals surface area contributed by atoms with Crippen molar-refractivity contribution in [1.82, 2.24) is 0 Å². The molecular formula is C22H21NO5S. The fourth-order valence-electron chi connectivity index (χ4n) is 2.72. The molecule has 0 radical (unpaired) electrons. The molecule has 1 aliphatic heterocycles. The number of aliphatic imine (C=N–C) groups is 1. The predicted octanol–water partition coefficient (Wildman–Crippen LogP) is 4.90. The van der Waals surface area contributed by atoms with E-state index in [0.717, 1.165) is 17.3 Å². The van der Waals surface area contributed by atoms with Gasteiger partial charge >= 0.3 is 5.97 Å². The largest absolute Gasteiger partial charge is 0.507 e. The standard InChI is InChI=1S/C22H21NO5S/c1-4-28-22(26)19-20(25)18(11-14-8-9-16(27-3)12-17(14)24)29-21(19)23-15-7-5-6-13(2)10-15/h5-12,24-25H,4H2,1-3H3/b18-11+,23-21?. The molecule has 0 amide bonds. The number of aromatic hydroxyl groups is 1. The van der Waals surface area contributed by atoms with Gasteiger partial charge in [0.05, 0.1) is 24.3 Å². The van der Waals surface area contributed by atoms with Gasteiger partial charge in [0.2, 0.25) is 0 Å². The summed E-state index contributed by atoms with van der Waals surface area (Å²) < 4.78 is 10.2. The van der Waals surface area contributed by atoms with Gasteiger partial charge in [-0.25, -0.2) is 9.79 Å². The Balaban J connectivity index is 2.05. The van der Waals surface area contributed by atoms with Crippen LogP contribution in [0, 0.1) is 6.92 Å². The number of phenolic OH excluding ortho intramolecular Hbond substituents is 1. The van der Waals surface area contributed by atoms with E-state index in [1.807, 2.05) is 31.2 Å². The number of nitrogens with zero attached hydrogens (tertiary/aromatic N) is 1. The maximum absolute atomic E-state index is 12.4. The first-order valence-electron chi connectivity index (χ1n) is 8.96. The summed E-state index contributed by atoms with van der Waals surface area (Å²) in [6.45, 7) is 3.82. The molecule has 0 saturated heterocycles. The Morgan fingerprint density at radius 2 is 2.00 bits per heavy atom. The molecule has 1 heterocycles. The summed E-state index contributed by atoms with van der Waals surface area (Å²) in [6, 6.07) is 12.3. The predicted molar refractivity (Wildman–Crippen MR) is 115 cm³/mol. The van der Waals surface area contributed by atoms with Crippen molar-refractivity contribution in [2.24, 2.45) is 4.99 Å². The normalized spacial score (nSPS) is 16.5. The van der Waals surface area contributed by atoms with E-state index in [4.69, 9.17) is 9.47 Å². The third-order valence-electron chi connectivity index (χ3n) is 4.13. The van der Waals surface area contributed by atoms with Crippen LogP contribution in [0.15, 0.2) is 63.7 Å². The second-order valence-corrected chi connectivity index (χ2v) is 7.27. The fourth-order valence-corrected chi connectivity index (χ4v) is 3.75. The van der Waals surface area contributed by atoms with Crippen LogP contribution in [0.4, 0.5) is 5.69 Å². The molecule has 0 fully saturated rings. The van der Waals surface area contributed by atoms with Crippen LogP contribution in [0.3, 0.4) is 0 Å². The number of methoxy groups -OCH3 is 1. The summed E-state index contributed by atoms with van der Waals surface area (Å²) in [5, 5.41) is 21.2. The number of carbonyl (C=O) groups excluding carboxylic acids is 1. The van der Waals surface area contributed by atoms with E-state index in [9.17, 15) is 15.0 Å². The first-order valence-corrected chi connectivity index (χ1v) is 9.77. The van der Waals surface area contributed by atoms with E-state index >= 15 is 0 Å². The van der Waals surface area contributed by atoms with Crippen LogP contribution >= 0.6 is 11.8 Å². The van der Waals surface area contributed by atoms with Gasteiger partial charge in [0, 0.05) is 11.6 Å². The Kier molecular flexibility index (Phi) is 6.29. The quantitative estimate of drug-likeness (QED) is 0.680. The lowest BCUT2D eigenvalue weighted by Crippen LogP contribution is -2.12. The molecule has 0 aliphatic carbocycles. The average Bonchev–Trinajstić information content (AvgIpc) is 2.98. The van der Waals surface area contributed by atoms with Crippen molar-refractivity contribution >= 4 is 34.5 Å². The molecule has 3 rings (SSSR count). The molecular weight excluding hydrogens is 390 g/mol. The Morgan fingerprint density at radius 3 is 2.66 bits per heavy atom. The lowest BCUT2D eigenvalue weighted by atomic mass is 10.1. The highest BCUT2D eigenvalue weighted by atomic mass is 32.2. The summed E-state index contributed by atoms with van der Waals surface area (Å²) in [4.78, 5) is 17.4. The number of ether oxygens (including phenoxy) is 2. The van der Waals surface area contributed by atoms with Gasteiger partial charge in [-0.2, -0.15) is 0 Å². The van der Waals surface area contributed by atoms with Crippen molar-refractivity contribution in [3.8, 4) is 11.5 Å². The van der Waals surface area contributed by atoms with Crippen LogP contribution in [0.1, 0.15) is 18.1 Å². The molecule has 150 valence electrons. The molecule has 0 unspecified atom stereocenters. The van der Waals surface area contributed by atoms with E-state index in [1.54, 1.807) is 25.1 Å². The molecule has 0 spiro atoms. The Morgan fingerprint density at radius 1 is 1.21 bits per heavy atom. The number of aliphatic hydroxyl groups is 1. The molecule has 0 saturated carbocycles. The number of aryl methyl sites for hydroxylation is 1. The first-order chi connectivity index (χ1) is 13.9. The molecule has 7 heteroatoms. The highest BCUT2D eigenvalue weighted by Crippen LogP contribution is 2.41. The van der Waals surface area contributed by atoms with Crippen molar-refractivity contribution in [3.63, 3.8) is 0 Å². The maximum atomic E-state index is 12.4. The van der Waals surface area contributed by atoms with Crippen LogP contribution in [-0.2, 0) is 9.53 Å². The van der Waals surface area contributed by atoms with Crippen molar-refractivity contribution in [2.45, 2.75) is 13.8 Å². The van der Waals surface area contributed by atoms with Gasteiger partial charge in [-0.3, -0.25) is 0 Å². The van der Waals surface area contributed by atoms with Crippen LogP contribution in [0.5, 0.6) is 11.5 Å². The third kappa shape index (κ3) is 4.63. The average molecular weight is 411 g/mol. The summed E-state index contributed by atoms with van der Waals surface area (Å²) in [7, 11) is 1.51. The lowest BCUT2D eigenvalue weighted by molar-refractivity contribution is -0.138. The van der Waals surface area contributed by atoms with Gasteiger partial charge in [0.1, 0.15) is 27.9 Å². The van der Waals surface area contributed by atoms with E-state index < -0.39 is 5.97 Å². The highest BCUT2D eigenvalue weighted by Gasteiger charge is 2.33. The molecule has 2 aromatic rings. The number of thioether (sulfide) groups is 1. The third-order valence-corrected chi connectivity index (χ3v) is 5.15. The minimum atomic E-state index is -0.647. The van der Waals surface area contributed by atoms with Crippen molar-refractivity contribution < 1.29 is 24.5 Å². The molecule has 0 bridgehead atoms. The number of hydrogen-bond acceptors (Lipinski definition) is 7. The van der Waals surface area contributed by atoms with Crippen LogP contribution in [-0.4, -0.2) is 34.9 Å². The maximum Gasteiger partial charge on any atom is 0.344 e. The summed E-state index contributed by atoms with van der Waals surface area (Å²) in [5.74, 6) is -0.370. The van der Waals surface area contributed by atoms with Gasteiger partial charge in [-0.15, -0.1) is 0 Å². The number of esters is 1. The van der Waals surface area contributed by atoms with Gasteiger partial charge in [0.15, 0.2) is 0 Å². The Bertz CT molecular complexity index is 1040. The van der Waals surface area contributed by atoms with Gasteiger partial charge in [-0.1, -0.05) is 23.9 Å². The molecule has 0 aromatic heterocycles. The molecule has 6 nitrogen and oxygen atoms in total. The molecule has 1 aliphatic rings. The Labute approximate surface area is 173 Å². The van der Waals surface area contributed by atoms with E-state index in [2.05, 4.69) is 4.99 Å². The molecule has 0 atom stereocenters. The zero-order valence-electron chi connectivity index (χ0n) is 16.3. The molecule has 29 heavy (non-hydrogen) atoms. The second kappa shape index (κ2) is 8.87. The summed E-state index contributed by atoms with van der Waals surface area (Å²) >= 11 is 1.14. The topological polar surface area (TPSA) is 88.4 Å². The zero-order valence-corrected chi connectivity index (χ0v) is 17.1. The number of aliphatic hydroxyl groups excluding tert-OH is 1. The van der Waals surface area contributed by atoms with E-state index in [0.29, 0.717) is 26.9 Å². The van der Waals surface area contributed by atoms with Gasteiger partial charge in [-0.05, 0) is 49.8 Å². The van der Waals surface area contributed by atoms with Crippen molar-refractivity contribution in [2.75, 3.05) is 13.7 Å². The summed E-state index contributed by atoms with van der Waals surface area (Å²) in [5.41, 5.74) is 2.17. The minimum Gasteiger partial charge on any atom is -0.507 e. The zero-order chi connectivity index (χ0) is 21.0.